The van der Waals surface area contributed by atoms with E-state index < -0.39 is 0 Å². The fourth-order valence-corrected chi connectivity index (χ4v) is 7.17. The molecule has 61 heavy (non-hydrogen) atoms. The molecule has 0 bridgehead atoms. The monoisotopic (exact) mass is 871 g/mol. The lowest BCUT2D eigenvalue weighted by Gasteiger charge is -2.29. The van der Waals surface area contributed by atoms with Crippen molar-refractivity contribution < 1.29 is 18.9 Å². The first-order valence-electron chi connectivity index (χ1n) is 27.2. The summed E-state index contributed by atoms with van der Waals surface area (Å²) in [6.07, 6.45) is 29.7. The number of hydrogen-bond acceptors (Lipinski definition) is 4. The van der Waals surface area contributed by atoms with E-state index in [0.717, 1.165) is 113 Å². The van der Waals surface area contributed by atoms with E-state index in [9.17, 15) is 0 Å². The van der Waals surface area contributed by atoms with E-state index in [1.807, 2.05) is 0 Å². The average molecular weight is 872 g/mol. The summed E-state index contributed by atoms with van der Waals surface area (Å²) in [7, 11) is 0. The maximum atomic E-state index is 5.91. The minimum atomic E-state index is 0.0868. The van der Waals surface area contributed by atoms with Crippen molar-refractivity contribution in [3.8, 4) is 0 Å². The SMILES string of the molecule is CCCOC(C)(C)CCCC(C)CC.CCCOC(C)(CC)CCCC(C)C.CCCOCCC(C)CCCC(C)C.CCCOCCC(C)CCCC(C)CCCC(C)C. The van der Waals surface area contributed by atoms with Crippen LogP contribution < -0.4 is 0 Å². The zero-order chi connectivity index (χ0) is 47.4. The molecule has 0 rings (SSSR count). The minimum absolute atomic E-state index is 0.0868. The number of hydrogen-bond donors (Lipinski definition) is 0. The highest BCUT2D eigenvalue weighted by molar-refractivity contribution is 4.73. The van der Waals surface area contributed by atoms with E-state index >= 15 is 0 Å². The molecule has 0 aliphatic heterocycles. The molecule has 0 radical (unpaired) electrons. The normalized spacial score (nSPS) is 14.7. The smallest absolute Gasteiger partial charge is 0.0651 e. The van der Waals surface area contributed by atoms with Gasteiger partial charge < -0.3 is 18.9 Å². The summed E-state index contributed by atoms with van der Waals surface area (Å²) in [5, 5.41) is 0. The highest BCUT2D eigenvalue weighted by Gasteiger charge is 2.22. The first-order chi connectivity index (χ1) is 28.8. The van der Waals surface area contributed by atoms with Crippen LogP contribution in [0.4, 0.5) is 0 Å². The van der Waals surface area contributed by atoms with Crippen molar-refractivity contribution in [3.05, 3.63) is 0 Å². The maximum absolute atomic E-state index is 5.91. The number of rotatable bonds is 38. The van der Waals surface area contributed by atoms with Crippen molar-refractivity contribution >= 4 is 0 Å². The predicted octanol–water partition coefficient (Wildman–Crippen LogP) is 19.2. The molecule has 0 spiro atoms. The summed E-state index contributed by atoms with van der Waals surface area (Å²) in [6.45, 7) is 48.7. The van der Waals surface area contributed by atoms with Gasteiger partial charge in [-0.05, 0) is 120 Å². The predicted molar refractivity (Wildman–Crippen MR) is 277 cm³/mol. The molecule has 0 saturated heterocycles. The van der Waals surface area contributed by atoms with E-state index in [4.69, 9.17) is 18.9 Å². The molecule has 0 aromatic rings. The van der Waals surface area contributed by atoms with Gasteiger partial charge in [0.15, 0.2) is 0 Å². The Morgan fingerprint density at radius 1 is 0.344 bits per heavy atom. The van der Waals surface area contributed by atoms with Gasteiger partial charge in [0.1, 0.15) is 0 Å². The molecule has 0 N–H and O–H groups in total. The highest BCUT2D eigenvalue weighted by Crippen LogP contribution is 2.25. The fourth-order valence-electron chi connectivity index (χ4n) is 7.17. The zero-order valence-corrected chi connectivity index (χ0v) is 46.2. The van der Waals surface area contributed by atoms with E-state index in [1.165, 1.54) is 116 Å². The van der Waals surface area contributed by atoms with Gasteiger partial charge in [-0.2, -0.15) is 0 Å². The molecule has 0 fully saturated rings. The average Bonchev–Trinajstić information content (AvgIpc) is 3.20. The Labute approximate surface area is 389 Å². The molecule has 0 aromatic heterocycles. The third-order valence-corrected chi connectivity index (χ3v) is 12.3. The second kappa shape index (κ2) is 47.8. The zero-order valence-electron chi connectivity index (χ0n) is 46.2. The molecular weight excluding hydrogens is 749 g/mol. The Balaban J connectivity index is -0.000000359. The van der Waals surface area contributed by atoms with Crippen LogP contribution in [0.5, 0.6) is 0 Å². The molecule has 374 valence electrons. The van der Waals surface area contributed by atoms with Gasteiger partial charge in [-0.3, -0.25) is 0 Å². The van der Waals surface area contributed by atoms with E-state index in [-0.39, 0.29) is 11.2 Å². The first-order valence-corrected chi connectivity index (χ1v) is 27.2. The topological polar surface area (TPSA) is 36.9 Å². The molecule has 4 heteroatoms. The summed E-state index contributed by atoms with van der Waals surface area (Å²) in [5.41, 5.74) is 0.217. The van der Waals surface area contributed by atoms with Crippen LogP contribution >= 0.6 is 0 Å². The molecule has 4 nitrogen and oxygen atoms in total. The second-order valence-electron chi connectivity index (χ2n) is 21.6. The third kappa shape index (κ3) is 57.8. The van der Waals surface area contributed by atoms with Crippen LogP contribution in [-0.4, -0.2) is 50.8 Å². The van der Waals surface area contributed by atoms with Gasteiger partial charge in [-0.1, -0.05) is 201 Å². The van der Waals surface area contributed by atoms with Crippen molar-refractivity contribution in [3.63, 3.8) is 0 Å². The molecule has 0 aliphatic carbocycles. The van der Waals surface area contributed by atoms with Crippen LogP contribution in [0.1, 0.15) is 279 Å². The van der Waals surface area contributed by atoms with E-state index in [2.05, 4.69) is 132 Å². The van der Waals surface area contributed by atoms with Gasteiger partial charge in [0.05, 0.1) is 11.2 Å². The van der Waals surface area contributed by atoms with Crippen molar-refractivity contribution in [2.75, 3.05) is 39.6 Å². The van der Waals surface area contributed by atoms with Crippen molar-refractivity contribution in [2.45, 2.75) is 290 Å². The quantitative estimate of drug-likeness (QED) is 0.0579. The van der Waals surface area contributed by atoms with Crippen LogP contribution in [0, 0.1) is 41.4 Å². The Hall–Kier alpha value is -0.160. The third-order valence-electron chi connectivity index (χ3n) is 12.3. The molecular formula is C57H122O4. The first kappa shape index (κ1) is 67.4. The summed E-state index contributed by atoms with van der Waals surface area (Å²) < 4.78 is 22.7. The Bertz CT molecular complexity index is 809. The molecule has 0 heterocycles. The van der Waals surface area contributed by atoms with Gasteiger partial charge in [-0.15, -0.1) is 0 Å². The summed E-state index contributed by atoms with van der Waals surface area (Å²) in [5.74, 6) is 6.01. The van der Waals surface area contributed by atoms with Crippen LogP contribution in [0.3, 0.4) is 0 Å². The van der Waals surface area contributed by atoms with Gasteiger partial charge >= 0.3 is 0 Å². The highest BCUT2D eigenvalue weighted by atomic mass is 16.5. The van der Waals surface area contributed by atoms with Gasteiger partial charge in [0.25, 0.3) is 0 Å². The molecule has 0 saturated carbocycles. The van der Waals surface area contributed by atoms with Crippen LogP contribution in [0.25, 0.3) is 0 Å². The minimum Gasteiger partial charge on any atom is -0.381 e. The van der Waals surface area contributed by atoms with Gasteiger partial charge in [-0.25, -0.2) is 0 Å². The largest absolute Gasteiger partial charge is 0.381 e. The van der Waals surface area contributed by atoms with Crippen molar-refractivity contribution in [1.29, 1.82) is 0 Å². The molecule has 0 aliphatic rings. The van der Waals surface area contributed by atoms with Crippen molar-refractivity contribution in [1.82, 2.24) is 0 Å². The van der Waals surface area contributed by atoms with Crippen LogP contribution in [-0.2, 0) is 18.9 Å². The lowest BCUT2D eigenvalue weighted by molar-refractivity contribution is -0.0419. The Kier molecular flexibility index (Phi) is 52.8. The maximum Gasteiger partial charge on any atom is 0.0651 e. The van der Waals surface area contributed by atoms with Crippen LogP contribution in [0.15, 0.2) is 0 Å². The lowest BCUT2D eigenvalue weighted by atomic mass is 9.93. The number of ether oxygens (including phenoxy) is 4. The molecule has 5 unspecified atom stereocenters. The summed E-state index contributed by atoms with van der Waals surface area (Å²) in [4.78, 5) is 0. The summed E-state index contributed by atoms with van der Waals surface area (Å²) >= 11 is 0. The second-order valence-corrected chi connectivity index (χ2v) is 21.6. The van der Waals surface area contributed by atoms with E-state index in [1.54, 1.807) is 0 Å². The van der Waals surface area contributed by atoms with Crippen LogP contribution in [0.2, 0.25) is 0 Å². The molecule has 0 aromatic carbocycles. The lowest BCUT2D eigenvalue weighted by Crippen LogP contribution is -2.28. The van der Waals surface area contributed by atoms with E-state index in [0.29, 0.717) is 0 Å². The van der Waals surface area contributed by atoms with Gasteiger partial charge in [0, 0.05) is 39.6 Å². The fraction of sp³-hybridized carbons (Fsp3) is 1.00. The molecule has 0 amide bonds. The molecule has 5 atom stereocenters. The van der Waals surface area contributed by atoms with Gasteiger partial charge in [0.2, 0.25) is 0 Å². The summed E-state index contributed by atoms with van der Waals surface area (Å²) in [6, 6.07) is 0. The Morgan fingerprint density at radius 2 is 0.689 bits per heavy atom. The standard InChI is InChI=1S/C18H38O.3C13H28O/c1-6-14-19-15-13-18(5)12-8-11-17(4)10-7-9-16(2)3;1-6-11-14-13(4,5)10-8-9-12(3)7-2;1-6-11-14-13(5,7-2)10-8-9-12(3)4;1-5-10-14-11-9-13(4)8-6-7-12(2)3/h16-18H,6-15H2,1-5H3;2*12H,6-11H2,1-5H3;12-13H,5-11H2,1-4H3. The van der Waals surface area contributed by atoms with Crippen molar-refractivity contribution in [2.24, 2.45) is 41.4 Å². The Morgan fingerprint density at radius 3 is 1.07 bits per heavy atom.